The molecule has 1 N–H and O–H groups in total. The molecule has 21 heavy (non-hydrogen) atoms. The fourth-order valence-corrected chi connectivity index (χ4v) is 3.15. The maximum Gasteiger partial charge on any atom is 0.274 e. The third-order valence-corrected chi connectivity index (χ3v) is 4.32. The van der Waals surface area contributed by atoms with E-state index in [0.29, 0.717) is 16.5 Å². The number of rotatable bonds is 5. The number of nitrogens with zero attached hydrogens (tertiary/aromatic N) is 2. The van der Waals surface area contributed by atoms with Crippen molar-refractivity contribution in [2.75, 3.05) is 19.1 Å². The van der Waals surface area contributed by atoms with Crippen molar-refractivity contribution in [1.82, 2.24) is 15.1 Å². The zero-order valence-electron chi connectivity index (χ0n) is 12.4. The van der Waals surface area contributed by atoms with Gasteiger partial charge in [0.1, 0.15) is 0 Å². The number of amides is 1. The predicted molar refractivity (Wildman–Crippen MR) is 86.9 cm³/mol. The van der Waals surface area contributed by atoms with Crippen molar-refractivity contribution in [1.29, 1.82) is 0 Å². The second-order valence-corrected chi connectivity index (χ2v) is 5.79. The number of fused-ring (bicyclic) bond motifs is 1. The van der Waals surface area contributed by atoms with Crippen LogP contribution < -0.4 is 5.56 Å². The highest BCUT2D eigenvalue weighted by Crippen LogP contribution is 2.17. The lowest BCUT2D eigenvalue weighted by atomic mass is 10.1. The van der Waals surface area contributed by atoms with E-state index in [1.807, 2.05) is 6.26 Å². The normalized spacial score (nSPS) is 12.3. The molecule has 1 aromatic carbocycles. The van der Waals surface area contributed by atoms with Crippen LogP contribution in [0.15, 0.2) is 29.1 Å². The Kier molecular flexibility index (Phi) is 5.01. The van der Waals surface area contributed by atoms with Crippen molar-refractivity contribution in [3.8, 4) is 0 Å². The molecule has 0 bridgehead atoms. The van der Waals surface area contributed by atoms with E-state index >= 15 is 0 Å². The maximum absolute atomic E-state index is 12.7. The van der Waals surface area contributed by atoms with E-state index in [2.05, 4.69) is 17.1 Å². The summed E-state index contributed by atoms with van der Waals surface area (Å²) in [6, 6.07) is 7.19. The van der Waals surface area contributed by atoms with Crippen molar-refractivity contribution in [3.63, 3.8) is 0 Å². The van der Waals surface area contributed by atoms with Crippen molar-refractivity contribution in [2.24, 2.45) is 0 Å². The molecule has 2 aromatic rings. The van der Waals surface area contributed by atoms with Crippen molar-refractivity contribution >= 4 is 28.4 Å². The standard InChI is InChI=1S/C15H19N3O2S/c1-4-10(9-21-3)18(2)15(20)13-11-7-5-6-8-12(11)14(19)17-16-13/h5-8,10H,4,9H2,1-3H3,(H,17,19). The van der Waals surface area contributed by atoms with E-state index < -0.39 is 0 Å². The van der Waals surface area contributed by atoms with E-state index in [4.69, 9.17) is 0 Å². The van der Waals surface area contributed by atoms with Crippen molar-refractivity contribution in [3.05, 3.63) is 40.3 Å². The van der Waals surface area contributed by atoms with Crippen LogP contribution in [0.1, 0.15) is 23.8 Å². The number of aromatic amines is 1. The summed E-state index contributed by atoms with van der Waals surface area (Å²) in [4.78, 5) is 26.2. The fraction of sp³-hybridized carbons (Fsp3) is 0.400. The first-order chi connectivity index (χ1) is 10.1. The van der Waals surface area contributed by atoms with Gasteiger partial charge >= 0.3 is 0 Å². The summed E-state index contributed by atoms with van der Waals surface area (Å²) >= 11 is 1.71. The highest BCUT2D eigenvalue weighted by Gasteiger charge is 2.22. The van der Waals surface area contributed by atoms with Gasteiger partial charge in [0.25, 0.3) is 11.5 Å². The van der Waals surface area contributed by atoms with Crippen LogP contribution in [0.4, 0.5) is 0 Å². The quantitative estimate of drug-likeness (QED) is 0.919. The molecule has 1 aromatic heterocycles. The Morgan fingerprint density at radius 3 is 2.67 bits per heavy atom. The summed E-state index contributed by atoms with van der Waals surface area (Å²) in [6.07, 6.45) is 2.90. The minimum absolute atomic E-state index is 0.153. The zero-order chi connectivity index (χ0) is 15.4. The van der Waals surface area contributed by atoms with E-state index in [0.717, 1.165) is 12.2 Å². The lowest BCUT2D eigenvalue weighted by Gasteiger charge is -2.26. The van der Waals surface area contributed by atoms with Gasteiger partial charge in [0, 0.05) is 24.2 Å². The summed E-state index contributed by atoms with van der Waals surface area (Å²) in [6.45, 7) is 2.06. The Morgan fingerprint density at radius 1 is 1.38 bits per heavy atom. The van der Waals surface area contributed by atoms with Gasteiger partial charge in [-0.1, -0.05) is 25.1 Å². The molecule has 0 saturated heterocycles. The van der Waals surface area contributed by atoms with Crippen LogP contribution in [-0.2, 0) is 0 Å². The van der Waals surface area contributed by atoms with E-state index in [-0.39, 0.29) is 17.5 Å². The number of carbonyl (C=O) groups is 1. The van der Waals surface area contributed by atoms with Crippen LogP contribution in [-0.4, -0.2) is 46.1 Å². The molecule has 5 nitrogen and oxygen atoms in total. The number of thioether (sulfide) groups is 1. The third-order valence-electron chi connectivity index (χ3n) is 3.60. The number of carbonyl (C=O) groups excluding carboxylic acids is 1. The van der Waals surface area contributed by atoms with Crippen LogP contribution in [0.3, 0.4) is 0 Å². The molecule has 0 saturated carbocycles. The zero-order valence-corrected chi connectivity index (χ0v) is 13.2. The molecule has 1 atom stereocenters. The minimum Gasteiger partial charge on any atom is -0.336 e. The molecule has 0 radical (unpaired) electrons. The van der Waals surface area contributed by atoms with Crippen LogP contribution >= 0.6 is 11.8 Å². The average Bonchev–Trinajstić information content (AvgIpc) is 2.52. The van der Waals surface area contributed by atoms with Gasteiger partial charge in [-0.05, 0) is 18.7 Å². The smallest absolute Gasteiger partial charge is 0.274 e. The highest BCUT2D eigenvalue weighted by molar-refractivity contribution is 7.98. The summed E-state index contributed by atoms with van der Waals surface area (Å²) < 4.78 is 0. The van der Waals surface area contributed by atoms with Gasteiger partial charge in [0.15, 0.2) is 5.69 Å². The first-order valence-corrected chi connectivity index (χ1v) is 8.23. The fourth-order valence-electron chi connectivity index (χ4n) is 2.31. The van der Waals surface area contributed by atoms with Gasteiger partial charge < -0.3 is 4.90 Å². The van der Waals surface area contributed by atoms with E-state index in [1.165, 1.54) is 0 Å². The Morgan fingerprint density at radius 2 is 2.05 bits per heavy atom. The van der Waals surface area contributed by atoms with Gasteiger partial charge in [-0.25, -0.2) is 5.10 Å². The molecular formula is C15H19N3O2S. The predicted octanol–water partition coefficient (Wildman–Crippen LogP) is 2.14. The van der Waals surface area contributed by atoms with Crippen LogP contribution in [0, 0.1) is 0 Å². The van der Waals surface area contributed by atoms with E-state index in [9.17, 15) is 9.59 Å². The number of benzene rings is 1. The maximum atomic E-state index is 12.7. The molecule has 0 aliphatic carbocycles. The second kappa shape index (κ2) is 6.76. The highest BCUT2D eigenvalue weighted by atomic mass is 32.2. The van der Waals surface area contributed by atoms with Crippen LogP contribution in [0.2, 0.25) is 0 Å². The molecule has 0 aliphatic rings. The summed E-state index contributed by atoms with van der Waals surface area (Å²) in [5, 5.41) is 7.46. The first kappa shape index (κ1) is 15.6. The molecule has 0 spiro atoms. The monoisotopic (exact) mass is 305 g/mol. The number of aromatic nitrogens is 2. The molecule has 6 heteroatoms. The molecule has 112 valence electrons. The molecule has 1 amide bonds. The van der Waals surface area contributed by atoms with Crippen molar-refractivity contribution < 1.29 is 4.79 Å². The largest absolute Gasteiger partial charge is 0.336 e. The Balaban J connectivity index is 2.44. The number of hydrogen-bond donors (Lipinski definition) is 1. The van der Waals surface area contributed by atoms with Crippen LogP contribution in [0.5, 0.6) is 0 Å². The van der Waals surface area contributed by atoms with Gasteiger partial charge in [0.05, 0.1) is 5.39 Å². The molecule has 0 aliphatic heterocycles. The Bertz CT molecular complexity index is 699. The lowest BCUT2D eigenvalue weighted by Crippen LogP contribution is -2.39. The van der Waals surface area contributed by atoms with Crippen molar-refractivity contribution in [2.45, 2.75) is 19.4 Å². The first-order valence-electron chi connectivity index (χ1n) is 6.83. The average molecular weight is 305 g/mol. The summed E-state index contributed by atoms with van der Waals surface area (Å²) in [5.74, 6) is 0.711. The Labute approximate surface area is 127 Å². The third kappa shape index (κ3) is 3.10. The van der Waals surface area contributed by atoms with Gasteiger partial charge in [-0.2, -0.15) is 16.9 Å². The molecular weight excluding hydrogens is 286 g/mol. The van der Waals surface area contributed by atoms with E-state index in [1.54, 1.807) is 48.0 Å². The summed E-state index contributed by atoms with van der Waals surface area (Å²) in [7, 11) is 1.79. The molecule has 0 fully saturated rings. The lowest BCUT2D eigenvalue weighted by molar-refractivity contribution is 0.0738. The Hall–Kier alpha value is -1.82. The van der Waals surface area contributed by atoms with Gasteiger partial charge in [-0.15, -0.1) is 0 Å². The molecule has 2 rings (SSSR count). The minimum atomic E-state index is -0.277. The van der Waals surface area contributed by atoms with Gasteiger partial charge in [0.2, 0.25) is 0 Å². The second-order valence-electron chi connectivity index (χ2n) is 4.88. The summed E-state index contributed by atoms with van der Waals surface area (Å²) in [5.41, 5.74) is 0.0215. The molecule has 1 heterocycles. The van der Waals surface area contributed by atoms with Crippen LogP contribution in [0.25, 0.3) is 10.8 Å². The number of nitrogens with one attached hydrogen (secondary N) is 1. The molecule has 1 unspecified atom stereocenters. The number of hydrogen-bond acceptors (Lipinski definition) is 4. The number of H-pyrrole nitrogens is 1. The topological polar surface area (TPSA) is 66.1 Å². The SMILES string of the molecule is CCC(CSC)N(C)C(=O)c1n[nH]c(=O)c2ccccc12. The van der Waals surface area contributed by atoms with Gasteiger partial charge in [-0.3, -0.25) is 9.59 Å².